The molecule has 1 aliphatic rings. The zero-order valence-corrected chi connectivity index (χ0v) is 10.7. The Balaban J connectivity index is 1.75. The van der Waals surface area contributed by atoms with Crippen LogP contribution < -0.4 is 9.80 Å². The monoisotopic (exact) mass is 248 g/mol. The normalized spacial score (nSPS) is 13.9. The summed E-state index contributed by atoms with van der Waals surface area (Å²) in [6, 6.07) is 18.8. The molecule has 0 bridgehead atoms. The van der Waals surface area contributed by atoms with Crippen LogP contribution >= 0.6 is 0 Å². The molecule has 94 valence electrons. The number of para-hydroxylation sites is 1. The van der Waals surface area contributed by atoms with Gasteiger partial charge >= 0.3 is 0 Å². The average Bonchev–Trinajstić information content (AvgIpc) is 2.98. The van der Waals surface area contributed by atoms with Crippen LogP contribution in [0.1, 0.15) is 5.56 Å². The maximum atomic E-state index is 3.77. The van der Waals surface area contributed by atoms with E-state index in [4.69, 9.17) is 0 Å². The summed E-state index contributed by atoms with van der Waals surface area (Å²) in [5.41, 5.74) is 3.55. The number of nitrogens with zero attached hydrogens (tertiary/aromatic N) is 2. The fourth-order valence-corrected chi connectivity index (χ4v) is 2.18. The zero-order chi connectivity index (χ0) is 13.1. The summed E-state index contributed by atoms with van der Waals surface area (Å²) < 4.78 is 0. The lowest BCUT2D eigenvalue weighted by atomic mass is 10.2. The lowest BCUT2D eigenvalue weighted by Gasteiger charge is -2.21. The van der Waals surface area contributed by atoms with E-state index in [0.717, 1.165) is 12.2 Å². The molecule has 2 heteroatoms. The first-order chi connectivity index (χ1) is 9.36. The van der Waals surface area contributed by atoms with Gasteiger partial charge in [0.1, 0.15) is 0 Å². The SMILES string of the molecule is C=Cc1ccc(N2C=CN(c3ccccc3)C2)cc1. The molecule has 1 heterocycles. The van der Waals surface area contributed by atoms with Crippen molar-refractivity contribution < 1.29 is 0 Å². The molecule has 0 saturated heterocycles. The van der Waals surface area contributed by atoms with E-state index in [-0.39, 0.29) is 0 Å². The van der Waals surface area contributed by atoms with Gasteiger partial charge in [0.15, 0.2) is 0 Å². The van der Waals surface area contributed by atoms with Crippen molar-refractivity contribution in [2.75, 3.05) is 16.5 Å². The van der Waals surface area contributed by atoms with Gasteiger partial charge in [0, 0.05) is 23.8 Å². The standard InChI is InChI=1S/C17H16N2/c1-2-15-8-10-17(11-9-15)19-13-12-18(14-19)16-6-4-3-5-7-16/h2-13H,1,14H2. The molecule has 2 nitrogen and oxygen atoms in total. The van der Waals surface area contributed by atoms with E-state index in [0.29, 0.717) is 0 Å². The van der Waals surface area contributed by atoms with Crippen LogP contribution in [0.4, 0.5) is 11.4 Å². The van der Waals surface area contributed by atoms with Crippen molar-refractivity contribution in [3.63, 3.8) is 0 Å². The molecule has 0 saturated carbocycles. The lowest BCUT2D eigenvalue weighted by molar-refractivity contribution is 0.975. The van der Waals surface area contributed by atoms with Gasteiger partial charge in [-0.25, -0.2) is 0 Å². The van der Waals surface area contributed by atoms with E-state index in [1.807, 2.05) is 12.1 Å². The molecule has 0 spiro atoms. The van der Waals surface area contributed by atoms with Gasteiger partial charge in [0.05, 0.1) is 6.67 Å². The molecule has 2 aromatic rings. The van der Waals surface area contributed by atoms with E-state index >= 15 is 0 Å². The number of rotatable bonds is 3. The Morgan fingerprint density at radius 3 is 1.95 bits per heavy atom. The smallest absolute Gasteiger partial charge is 0.0989 e. The second-order valence-electron chi connectivity index (χ2n) is 4.51. The van der Waals surface area contributed by atoms with Crippen LogP contribution in [0.3, 0.4) is 0 Å². The first-order valence-electron chi connectivity index (χ1n) is 6.36. The summed E-state index contributed by atoms with van der Waals surface area (Å²) in [4.78, 5) is 4.45. The molecule has 0 atom stereocenters. The van der Waals surface area contributed by atoms with Crippen LogP contribution in [-0.2, 0) is 0 Å². The van der Waals surface area contributed by atoms with Gasteiger partial charge in [-0.05, 0) is 29.8 Å². The van der Waals surface area contributed by atoms with Crippen molar-refractivity contribution in [1.82, 2.24) is 0 Å². The quantitative estimate of drug-likeness (QED) is 0.807. The predicted octanol–water partition coefficient (Wildman–Crippen LogP) is 4.08. The molecule has 0 radical (unpaired) electrons. The Hall–Kier alpha value is -2.48. The fraction of sp³-hybridized carbons (Fsp3) is 0.0588. The van der Waals surface area contributed by atoms with Crippen molar-refractivity contribution in [1.29, 1.82) is 0 Å². The Bertz CT molecular complexity index is 584. The molecule has 0 unspecified atom stereocenters. The summed E-state index contributed by atoms with van der Waals surface area (Å²) in [5.74, 6) is 0. The molecular weight excluding hydrogens is 232 g/mol. The van der Waals surface area contributed by atoms with Crippen molar-refractivity contribution >= 4 is 17.5 Å². The third-order valence-electron chi connectivity index (χ3n) is 3.28. The molecule has 2 aromatic carbocycles. The third kappa shape index (κ3) is 2.38. The van der Waals surface area contributed by atoms with Crippen molar-refractivity contribution in [2.24, 2.45) is 0 Å². The molecule has 0 fully saturated rings. The number of hydrogen-bond acceptors (Lipinski definition) is 2. The molecule has 19 heavy (non-hydrogen) atoms. The van der Waals surface area contributed by atoms with Crippen molar-refractivity contribution in [3.8, 4) is 0 Å². The molecule has 0 N–H and O–H groups in total. The summed E-state index contributed by atoms with van der Waals surface area (Å²) >= 11 is 0. The average molecular weight is 248 g/mol. The van der Waals surface area contributed by atoms with Crippen LogP contribution in [0, 0.1) is 0 Å². The van der Waals surface area contributed by atoms with Crippen molar-refractivity contribution in [2.45, 2.75) is 0 Å². The predicted molar refractivity (Wildman–Crippen MR) is 81.9 cm³/mol. The van der Waals surface area contributed by atoms with Crippen LogP contribution in [0.5, 0.6) is 0 Å². The second kappa shape index (κ2) is 5.02. The van der Waals surface area contributed by atoms with E-state index in [1.54, 1.807) is 0 Å². The minimum atomic E-state index is 0.845. The second-order valence-corrected chi connectivity index (χ2v) is 4.51. The molecule has 0 amide bonds. The van der Waals surface area contributed by atoms with Gasteiger partial charge in [-0.15, -0.1) is 0 Å². The first-order valence-corrected chi connectivity index (χ1v) is 6.36. The third-order valence-corrected chi connectivity index (χ3v) is 3.28. The highest BCUT2D eigenvalue weighted by Crippen LogP contribution is 2.24. The Kier molecular flexibility index (Phi) is 3.07. The first kappa shape index (κ1) is 11.6. The van der Waals surface area contributed by atoms with E-state index in [1.165, 1.54) is 11.4 Å². The van der Waals surface area contributed by atoms with Crippen LogP contribution in [0.25, 0.3) is 6.08 Å². The summed E-state index contributed by atoms with van der Waals surface area (Å²) in [7, 11) is 0. The van der Waals surface area contributed by atoms with Gasteiger partial charge in [0.2, 0.25) is 0 Å². The number of hydrogen-bond donors (Lipinski definition) is 0. The van der Waals surface area contributed by atoms with Gasteiger partial charge in [0.25, 0.3) is 0 Å². The summed E-state index contributed by atoms with van der Waals surface area (Å²) in [6.45, 7) is 4.62. The lowest BCUT2D eigenvalue weighted by Crippen LogP contribution is -2.24. The minimum absolute atomic E-state index is 0.845. The minimum Gasteiger partial charge on any atom is -0.328 e. The van der Waals surface area contributed by atoms with Crippen LogP contribution in [0.15, 0.2) is 73.6 Å². The molecule has 0 aromatic heterocycles. The largest absolute Gasteiger partial charge is 0.328 e. The van der Waals surface area contributed by atoms with E-state index in [9.17, 15) is 0 Å². The fourth-order valence-electron chi connectivity index (χ4n) is 2.18. The molecular formula is C17H16N2. The Morgan fingerprint density at radius 1 is 0.789 bits per heavy atom. The van der Waals surface area contributed by atoms with Crippen LogP contribution in [-0.4, -0.2) is 6.67 Å². The highest BCUT2D eigenvalue weighted by molar-refractivity contribution is 5.61. The van der Waals surface area contributed by atoms with Gasteiger partial charge in [-0.1, -0.05) is 43.0 Å². The highest BCUT2D eigenvalue weighted by atomic mass is 15.3. The van der Waals surface area contributed by atoms with E-state index < -0.39 is 0 Å². The maximum Gasteiger partial charge on any atom is 0.0989 e. The zero-order valence-electron chi connectivity index (χ0n) is 10.7. The van der Waals surface area contributed by atoms with Gasteiger partial charge in [-0.2, -0.15) is 0 Å². The summed E-state index contributed by atoms with van der Waals surface area (Å²) in [5, 5.41) is 0. The van der Waals surface area contributed by atoms with Crippen LogP contribution in [0.2, 0.25) is 0 Å². The highest BCUT2D eigenvalue weighted by Gasteiger charge is 2.14. The molecule has 0 aliphatic carbocycles. The Morgan fingerprint density at radius 2 is 1.37 bits per heavy atom. The summed E-state index contributed by atoms with van der Waals surface area (Å²) in [6.07, 6.45) is 6.08. The van der Waals surface area contributed by atoms with Gasteiger partial charge < -0.3 is 9.80 Å². The Labute approximate surface area is 113 Å². The molecule has 3 rings (SSSR count). The topological polar surface area (TPSA) is 6.48 Å². The van der Waals surface area contributed by atoms with Gasteiger partial charge in [-0.3, -0.25) is 0 Å². The number of anilines is 2. The van der Waals surface area contributed by atoms with E-state index in [2.05, 4.69) is 77.3 Å². The van der Waals surface area contributed by atoms with Crippen molar-refractivity contribution in [3.05, 3.63) is 79.1 Å². The number of benzene rings is 2. The maximum absolute atomic E-state index is 3.77. The molecule has 1 aliphatic heterocycles.